The van der Waals surface area contributed by atoms with Crippen LogP contribution in [0.3, 0.4) is 0 Å². The summed E-state index contributed by atoms with van der Waals surface area (Å²) in [6, 6.07) is 6.29. The van der Waals surface area contributed by atoms with Gasteiger partial charge < -0.3 is 15.4 Å². The summed E-state index contributed by atoms with van der Waals surface area (Å²) in [5.74, 6) is -1.40. The summed E-state index contributed by atoms with van der Waals surface area (Å²) in [6.07, 6.45) is 7.39. The zero-order valence-electron chi connectivity index (χ0n) is 16.5. The number of fused-ring (bicyclic) bond motifs is 2. The zero-order chi connectivity index (χ0) is 21.4. The van der Waals surface area contributed by atoms with Crippen molar-refractivity contribution in [3.05, 3.63) is 59.4 Å². The first-order valence-electron chi connectivity index (χ1n) is 10.1. The highest BCUT2D eigenvalue weighted by Crippen LogP contribution is 2.33. The topological polar surface area (TPSA) is 76.1 Å². The minimum Gasteiger partial charge on any atom is -0.488 e. The number of anilines is 1. The Morgan fingerprint density at radius 3 is 2.65 bits per heavy atom. The lowest BCUT2D eigenvalue weighted by Gasteiger charge is -2.30. The Kier molecular flexibility index (Phi) is 5.37. The van der Waals surface area contributed by atoms with E-state index in [1.165, 1.54) is 30.5 Å². The minimum absolute atomic E-state index is 0.0670. The summed E-state index contributed by atoms with van der Waals surface area (Å²) in [5, 5.41) is 7.91. The Bertz CT molecular complexity index is 1090. The first-order valence-corrected chi connectivity index (χ1v) is 11.0. The summed E-state index contributed by atoms with van der Waals surface area (Å²) in [5.41, 5.74) is 0.264. The number of carbonyl (C=O) groups is 1. The fourth-order valence-electron chi connectivity index (χ4n) is 4.24. The van der Waals surface area contributed by atoms with Gasteiger partial charge in [-0.25, -0.2) is 13.8 Å². The number of benzene rings is 1. The molecule has 31 heavy (non-hydrogen) atoms. The van der Waals surface area contributed by atoms with Gasteiger partial charge in [0.2, 0.25) is 0 Å². The molecule has 1 amide bonds. The highest BCUT2D eigenvalue weighted by atomic mass is 32.1. The van der Waals surface area contributed by atoms with Crippen molar-refractivity contribution in [3.8, 4) is 16.3 Å². The first kappa shape index (κ1) is 20.0. The van der Waals surface area contributed by atoms with Crippen LogP contribution < -0.4 is 15.4 Å². The number of carbonyl (C=O) groups excluding carboxylic acids is 1. The maximum Gasteiger partial charge on any atom is 0.275 e. The molecule has 9 heteroatoms. The second kappa shape index (κ2) is 8.32. The molecule has 1 aromatic carbocycles. The van der Waals surface area contributed by atoms with Gasteiger partial charge in [0.05, 0.1) is 11.8 Å². The summed E-state index contributed by atoms with van der Waals surface area (Å²) in [4.78, 5) is 20.9. The van der Waals surface area contributed by atoms with Crippen molar-refractivity contribution in [2.24, 2.45) is 0 Å². The van der Waals surface area contributed by atoms with E-state index in [0.29, 0.717) is 23.5 Å². The summed E-state index contributed by atoms with van der Waals surface area (Å²) < 4.78 is 34.2. The monoisotopic (exact) mass is 442 g/mol. The van der Waals surface area contributed by atoms with Crippen molar-refractivity contribution >= 4 is 22.9 Å². The lowest BCUT2D eigenvalue weighted by molar-refractivity contribution is 0.102. The molecule has 2 atom stereocenters. The molecule has 3 aromatic rings. The normalized spacial score (nSPS) is 22.3. The second-order valence-electron chi connectivity index (χ2n) is 7.81. The summed E-state index contributed by atoms with van der Waals surface area (Å²) >= 11 is 1.00. The van der Waals surface area contributed by atoms with Crippen LogP contribution >= 0.6 is 11.3 Å². The number of thiazole rings is 1. The molecule has 6 nitrogen and oxygen atoms in total. The molecule has 0 saturated carbocycles. The Hall–Kier alpha value is -2.91. The molecule has 0 spiro atoms. The minimum atomic E-state index is -0.722. The number of rotatable bonds is 5. The Morgan fingerprint density at radius 1 is 1.16 bits per heavy atom. The van der Waals surface area contributed by atoms with E-state index in [-0.39, 0.29) is 22.4 Å². The molecular weight excluding hydrogens is 422 g/mol. The number of aromatic nitrogens is 2. The van der Waals surface area contributed by atoms with E-state index in [2.05, 4.69) is 20.6 Å². The van der Waals surface area contributed by atoms with Gasteiger partial charge in [0.1, 0.15) is 39.9 Å². The SMILES string of the molecule is O=C(Nc1cnccc1OC1CC2CCC(C1)N2)c1csc(-c2c(F)cccc2F)n1. The molecule has 2 aromatic heterocycles. The molecule has 2 aliphatic heterocycles. The molecule has 0 radical (unpaired) electrons. The van der Waals surface area contributed by atoms with Crippen molar-refractivity contribution in [2.45, 2.75) is 43.9 Å². The van der Waals surface area contributed by atoms with Gasteiger partial charge in [0, 0.05) is 29.7 Å². The fourth-order valence-corrected chi connectivity index (χ4v) is 5.09. The lowest BCUT2D eigenvalue weighted by Crippen LogP contribution is -2.42. The molecule has 4 heterocycles. The molecule has 160 valence electrons. The van der Waals surface area contributed by atoms with Crippen LogP contribution in [-0.4, -0.2) is 34.1 Å². The number of pyridine rings is 1. The van der Waals surface area contributed by atoms with Crippen molar-refractivity contribution in [3.63, 3.8) is 0 Å². The molecule has 2 saturated heterocycles. The van der Waals surface area contributed by atoms with Crippen LogP contribution in [-0.2, 0) is 0 Å². The van der Waals surface area contributed by atoms with Crippen LogP contribution in [0.4, 0.5) is 14.5 Å². The highest BCUT2D eigenvalue weighted by Gasteiger charge is 2.34. The number of hydrogen-bond acceptors (Lipinski definition) is 6. The van der Waals surface area contributed by atoms with E-state index in [1.807, 2.05) is 0 Å². The van der Waals surface area contributed by atoms with Gasteiger partial charge >= 0.3 is 0 Å². The zero-order valence-corrected chi connectivity index (χ0v) is 17.3. The lowest BCUT2D eigenvalue weighted by atomic mass is 10.0. The van der Waals surface area contributed by atoms with Crippen LogP contribution in [0, 0.1) is 11.6 Å². The van der Waals surface area contributed by atoms with Crippen LogP contribution in [0.25, 0.3) is 10.6 Å². The second-order valence-corrected chi connectivity index (χ2v) is 8.67. The molecule has 0 aliphatic carbocycles. The molecule has 5 rings (SSSR count). The Labute approximate surface area is 181 Å². The molecule has 2 unspecified atom stereocenters. The molecular formula is C22H20F2N4O2S. The van der Waals surface area contributed by atoms with E-state index in [4.69, 9.17) is 4.74 Å². The maximum absolute atomic E-state index is 14.0. The van der Waals surface area contributed by atoms with E-state index >= 15 is 0 Å². The largest absolute Gasteiger partial charge is 0.488 e. The third-order valence-corrected chi connectivity index (χ3v) is 6.53. The number of ether oxygens (including phenoxy) is 1. The van der Waals surface area contributed by atoms with Gasteiger partial charge in [-0.3, -0.25) is 9.78 Å². The summed E-state index contributed by atoms with van der Waals surface area (Å²) in [6.45, 7) is 0. The van der Waals surface area contributed by atoms with Gasteiger partial charge in [0.15, 0.2) is 0 Å². The van der Waals surface area contributed by atoms with Crippen molar-refractivity contribution in [2.75, 3.05) is 5.32 Å². The Morgan fingerprint density at radius 2 is 1.90 bits per heavy atom. The van der Waals surface area contributed by atoms with Crippen molar-refractivity contribution in [1.82, 2.24) is 15.3 Å². The smallest absolute Gasteiger partial charge is 0.275 e. The van der Waals surface area contributed by atoms with Gasteiger partial charge in [0.25, 0.3) is 5.91 Å². The molecule has 2 fully saturated rings. The predicted molar refractivity (Wildman–Crippen MR) is 113 cm³/mol. The van der Waals surface area contributed by atoms with Crippen LogP contribution in [0.1, 0.15) is 36.2 Å². The quantitative estimate of drug-likeness (QED) is 0.613. The van der Waals surface area contributed by atoms with E-state index in [9.17, 15) is 13.6 Å². The fraction of sp³-hybridized carbons (Fsp3) is 0.318. The predicted octanol–water partition coefficient (Wildman–Crippen LogP) is 4.40. The van der Waals surface area contributed by atoms with Gasteiger partial charge in [-0.15, -0.1) is 11.3 Å². The van der Waals surface area contributed by atoms with Crippen LogP contribution in [0.5, 0.6) is 5.75 Å². The average Bonchev–Trinajstić information content (AvgIpc) is 3.36. The molecule has 2 bridgehead atoms. The van der Waals surface area contributed by atoms with Crippen LogP contribution in [0.2, 0.25) is 0 Å². The number of nitrogens with zero attached hydrogens (tertiary/aromatic N) is 2. The number of amides is 1. The third kappa shape index (κ3) is 4.15. The third-order valence-electron chi connectivity index (χ3n) is 5.67. The van der Waals surface area contributed by atoms with Gasteiger partial charge in [-0.2, -0.15) is 0 Å². The standard InChI is InChI=1S/C22H20F2N4O2S/c23-15-2-1-3-16(24)20(15)22-28-18(11-31-22)21(29)27-17-10-25-7-6-19(17)30-14-8-12-4-5-13(9-14)26-12/h1-3,6-7,10-14,26H,4-5,8-9H2,(H,27,29). The number of hydrogen-bond donors (Lipinski definition) is 2. The molecule has 2 aliphatic rings. The van der Waals surface area contributed by atoms with E-state index in [0.717, 1.165) is 36.3 Å². The van der Waals surface area contributed by atoms with Gasteiger partial charge in [-0.05, 0) is 37.8 Å². The van der Waals surface area contributed by atoms with Gasteiger partial charge in [-0.1, -0.05) is 6.07 Å². The number of piperidine rings is 1. The van der Waals surface area contributed by atoms with E-state index in [1.54, 1.807) is 12.3 Å². The van der Waals surface area contributed by atoms with Crippen molar-refractivity contribution < 1.29 is 18.3 Å². The first-order chi connectivity index (χ1) is 15.1. The summed E-state index contributed by atoms with van der Waals surface area (Å²) in [7, 11) is 0. The number of halogens is 2. The Balaban J connectivity index is 1.32. The van der Waals surface area contributed by atoms with Crippen LogP contribution in [0.15, 0.2) is 42.0 Å². The van der Waals surface area contributed by atoms with E-state index < -0.39 is 17.5 Å². The van der Waals surface area contributed by atoms with Crippen molar-refractivity contribution in [1.29, 1.82) is 0 Å². The highest BCUT2D eigenvalue weighted by molar-refractivity contribution is 7.13. The number of nitrogens with one attached hydrogen (secondary N) is 2. The average molecular weight is 442 g/mol. The molecule has 2 N–H and O–H groups in total. The maximum atomic E-state index is 14.0.